The number of ether oxygens (including phenoxy) is 2. The first-order valence-corrected chi connectivity index (χ1v) is 8.65. The van der Waals surface area contributed by atoms with Crippen molar-refractivity contribution in [2.75, 3.05) is 45.4 Å². The van der Waals surface area contributed by atoms with E-state index in [1.807, 2.05) is 11.3 Å². The van der Waals surface area contributed by atoms with Crippen LogP contribution in [-0.4, -0.2) is 50.5 Å². The number of anilines is 1. The number of nitrogens with zero attached hydrogens (tertiary/aromatic N) is 3. The maximum Gasteiger partial charge on any atom is 0.141 e. The van der Waals surface area contributed by atoms with E-state index >= 15 is 0 Å². The summed E-state index contributed by atoms with van der Waals surface area (Å²) >= 11 is 1.84. The lowest BCUT2D eigenvalue weighted by Crippen LogP contribution is -2.31. The predicted octanol–water partition coefficient (Wildman–Crippen LogP) is 2.67. The lowest BCUT2D eigenvalue weighted by atomic mass is 9.97. The van der Waals surface area contributed by atoms with Crippen LogP contribution in [0.25, 0.3) is 10.2 Å². The van der Waals surface area contributed by atoms with Crippen molar-refractivity contribution in [2.45, 2.75) is 25.7 Å². The van der Waals surface area contributed by atoms with Crippen LogP contribution in [0.2, 0.25) is 0 Å². The van der Waals surface area contributed by atoms with Crippen molar-refractivity contribution in [3.63, 3.8) is 0 Å². The third-order valence-corrected chi connectivity index (χ3v) is 5.36. The predicted molar refractivity (Wildman–Crippen MR) is 90.0 cm³/mol. The SMILES string of the molecule is COCCN(CCOC)c1ncnc2sc3c(c12)CCCC3. The smallest absolute Gasteiger partial charge is 0.141 e. The van der Waals surface area contributed by atoms with Gasteiger partial charge in [-0.05, 0) is 31.2 Å². The minimum absolute atomic E-state index is 0.682. The summed E-state index contributed by atoms with van der Waals surface area (Å²) in [5, 5.41) is 1.26. The third kappa shape index (κ3) is 3.09. The fourth-order valence-electron chi connectivity index (χ4n) is 3.04. The molecule has 0 saturated heterocycles. The molecular formula is C16H23N3O2S. The van der Waals surface area contributed by atoms with Crippen molar-refractivity contribution in [3.05, 3.63) is 16.8 Å². The molecule has 0 bridgehead atoms. The van der Waals surface area contributed by atoms with E-state index in [4.69, 9.17) is 9.47 Å². The second-order valence-corrected chi connectivity index (χ2v) is 6.64. The monoisotopic (exact) mass is 321 g/mol. The van der Waals surface area contributed by atoms with Crippen LogP contribution in [0.5, 0.6) is 0 Å². The molecule has 0 radical (unpaired) electrons. The van der Waals surface area contributed by atoms with Gasteiger partial charge in [0.2, 0.25) is 0 Å². The average molecular weight is 321 g/mol. The standard InChI is InChI=1S/C16H23N3O2S/c1-20-9-7-19(8-10-21-2)15-14-12-5-3-4-6-13(12)22-16(14)18-11-17-15/h11H,3-10H2,1-2H3. The van der Waals surface area contributed by atoms with Gasteiger partial charge in [-0.25, -0.2) is 9.97 Å². The van der Waals surface area contributed by atoms with Crippen molar-refractivity contribution in [3.8, 4) is 0 Å². The largest absolute Gasteiger partial charge is 0.383 e. The highest BCUT2D eigenvalue weighted by Crippen LogP contribution is 2.39. The molecule has 0 fully saturated rings. The van der Waals surface area contributed by atoms with Gasteiger partial charge >= 0.3 is 0 Å². The van der Waals surface area contributed by atoms with Gasteiger partial charge in [0.1, 0.15) is 17.0 Å². The highest BCUT2D eigenvalue weighted by atomic mass is 32.1. The lowest BCUT2D eigenvalue weighted by Gasteiger charge is -2.24. The molecule has 0 spiro atoms. The molecule has 1 aliphatic carbocycles. The number of hydrogen-bond acceptors (Lipinski definition) is 6. The molecular weight excluding hydrogens is 298 g/mol. The topological polar surface area (TPSA) is 47.5 Å². The summed E-state index contributed by atoms with van der Waals surface area (Å²) in [7, 11) is 3.47. The van der Waals surface area contributed by atoms with E-state index in [0.29, 0.717) is 13.2 Å². The summed E-state index contributed by atoms with van der Waals surface area (Å²) in [5.41, 5.74) is 1.47. The highest BCUT2D eigenvalue weighted by Gasteiger charge is 2.22. The molecule has 0 N–H and O–H groups in total. The third-order valence-electron chi connectivity index (χ3n) is 4.16. The van der Waals surface area contributed by atoms with Crippen molar-refractivity contribution >= 4 is 27.4 Å². The van der Waals surface area contributed by atoms with Gasteiger partial charge in [0.15, 0.2) is 0 Å². The molecule has 0 atom stereocenters. The molecule has 22 heavy (non-hydrogen) atoms. The van der Waals surface area contributed by atoms with Crippen LogP contribution >= 0.6 is 11.3 Å². The van der Waals surface area contributed by atoms with Crippen LogP contribution in [0.4, 0.5) is 5.82 Å². The number of hydrogen-bond donors (Lipinski definition) is 0. The maximum atomic E-state index is 5.26. The van der Waals surface area contributed by atoms with E-state index < -0.39 is 0 Å². The molecule has 0 aliphatic heterocycles. The lowest BCUT2D eigenvalue weighted by molar-refractivity contribution is 0.190. The fraction of sp³-hybridized carbons (Fsp3) is 0.625. The summed E-state index contributed by atoms with van der Waals surface area (Å²) in [4.78, 5) is 14.0. The Morgan fingerprint density at radius 1 is 1.09 bits per heavy atom. The Hall–Kier alpha value is -1.24. The van der Waals surface area contributed by atoms with E-state index in [2.05, 4.69) is 14.9 Å². The number of methoxy groups -OCH3 is 2. The first-order valence-electron chi connectivity index (χ1n) is 7.83. The second kappa shape index (κ2) is 7.35. The second-order valence-electron chi connectivity index (χ2n) is 5.56. The summed E-state index contributed by atoms with van der Waals surface area (Å²) in [5.74, 6) is 1.04. The summed E-state index contributed by atoms with van der Waals surface area (Å²) < 4.78 is 10.5. The van der Waals surface area contributed by atoms with E-state index in [1.54, 1.807) is 20.5 Å². The van der Waals surface area contributed by atoms with Crippen LogP contribution < -0.4 is 4.90 Å². The molecule has 1 aliphatic rings. The number of fused-ring (bicyclic) bond motifs is 3. The van der Waals surface area contributed by atoms with E-state index in [9.17, 15) is 0 Å². The van der Waals surface area contributed by atoms with E-state index in [1.165, 1.54) is 35.1 Å². The normalized spacial score (nSPS) is 14.3. The van der Waals surface area contributed by atoms with Crippen LogP contribution in [0.1, 0.15) is 23.3 Å². The quantitative estimate of drug-likeness (QED) is 0.784. The van der Waals surface area contributed by atoms with Crippen molar-refractivity contribution in [1.29, 1.82) is 0 Å². The average Bonchev–Trinajstić information content (AvgIpc) is 2.94. The zero-order valence-corrected chi connectivity index (χ0v) is 14.1. The number of thiophene rings is 1. The molecule has 0 saturated carbocycles. The molecule has 0 amide bonds. The zero-order valence-electron chi connectivity index (χ0n) is 13.3. The summed E-state index contributed by atoms with van der Waals surface area (Å²) in [6.07, 6.45) is 6.58. The molecule has 120 valence electrons. The Kier molecular flexibility index (Phi) is 5.23. The minimum Gasteiger partial charge on any atom is -0.383 e. The first kappa shape index (κ1) is 15.6. The highest BCUT2D eigenvalue weighted by molar-refractivity contribution is 7.19. The van der Waals surface area contributed by atoms with Crippen LogP contribution in [0.15, 0.2) is 6.33 Å². The number of rotatable bonds is 7. The molecule has 2 aromatic rings. The van der Waals surface area contributed by atoms with Crippen LogP contribution in [-0.2, 0) is 22.3 Å². The molecule has 2 heterocycles. The Labute approximate surface area is 135 Å². The Morgan fingerprint density at radius 3 is 2.55 bits per heavy atom. The van der Waals surface area contributed by atoms with Crippen molar-refractivity contribution < 1.29 is 9.47 Å². The van der Waals surface area contributed by atoms with E-state index in [-0.39, 0.29) is 0 Å². The van der Waals surface area contributed by atoms with Gasteiger partial charge in [-0.1, -0.05) is 0 Å². The van der Waals surface area contributed by atoms with Gasteiger partial charge in [0, 0.05) is 32.2 Å². The van der Waals surface area contributed by atoms with Crippen LogP contribution in [0, 0.1) is 0 Å². The molecule has 5 nitrogen and oxygen atoms in total. The maximum absolute atomic E-state index is 5.26. The van der Waals surface area contributed by atoms with Crippen molar-refractivity contribution in [1.82, 2.24) is 9.97 Å². The van der Waals surface area contributed by atoms with Gasteiger partial charge in [0.25, 0.3) is 0 Å². The minimum atomic E-state index is 0.682. The Bertz CT molecular complexity index is 621. The van der Waals surface area contributed by atoms with E-state index in [0.717, 1.165) is 30.2 Å². The van der Waals surface area contributed by atoms with Gasteiger partial charge in [-0.3, -0.25) is 0 Å². The zero-order chi connectivity index (χ0) is 15.4. The first-order chi connectivity index (χ1) is 10.8. The number of aryl methyl sites for hydroxylation is 2. The van der Waals surface area contributed by atoms with Gasteiger partial charge in [0.05, 0.1) is 18.6 Å². The molecule has 2 aromatic heterocycles. The Balaban J connectivity index is 2.01. The van der Waals surface area contributed by atoms with Gasteiger partial charge < -0.3 is 14.4 Å². The van der Waals surface area contributed by atoms with Crippen LogP contribution in [0.3, 0.4) is 0 Å². The summed E-state index contributed by atoms with van der Waals surface area (Å²) in [6.45, 7) is 3.00. The molecule has 0 aromatic carbocycles. The van der Waals surface area contributed by atoms with Gasteiger partial charge in [-0.2, -0.15) is 0 Å². The fourth-order valence-corrected chi connectivity index (χ4v) is 4.26. The molecule has 3 rings (SSSR count). The molecule has 6 heteroatoms. The number of aromatic nitrogens is 2. The summed E-state index contributed by atoms with van der Waals surface area (Å²) in [6, 6.07) is 0. The molecule has 0 unspecified atom stereocenters. The van der Waals surface area contributed by atoms with Gasteiger partial charge in [-0.15, -0.1) is 11.3 Å². The van der Waals surface area contributed by atoms with Crippen molar-refractivity contribution in [2.24, 2.45) is 0 Å². The Morgan fingerprint density at radius 2 is 1.82 bits per heavy atom.